The van der Waals surface area contributed by atoms with Crippen molar-refractivity contribution in [1.82, 2.24) is 19.9 Å². The highest BCUT2D eigenvalue weighted by molar-refractivity contribution is 6.12. The van der Waals surface area contributed by atoms with Crippen molar-refractivity contribution < 1.29 is 8.83 Å². The molecule has 6 heteroatoms. The summed E-state index contributed by atoms with van der Waals surface area (Å²) in [5.41, 5.74) is 14.2. The van der Waals surface area contributed by atoms with Crippen LogP contribution >= 0.6 is 0 Å². The van der Waals surface area contributed by atoms with Gasteiger partial charge in [0.1, 0.15) is 16.7 Å². The van der Waals surface area contributed by atoms with Crippen LogP contribution in [0.2, 0.25) is 0 Å². The molecule has 3 heterocycles. The Kier molecular flexibility index (Phi) is 6.51. The Morgan fingerprint density at radius 3 is 1.94 bits per heavy atom. The minimum absolute atomic E-state index is 0.594. The van der Waals surface area contributed by atoms with Gasteiger partial charge in [-0.25, -0.2) is 19.9 Å². The average molecular weight is 681 g/mol. The molecule has 0 N–H and O–H groups in total. The first-order valence-electron chi connectivity index (χ1n) is 17.7. The fourth-order valence-corrected chi connectivity index (χ4v) is 7.60. The summed E-state index contributed by atoms with van der Waals surface area (Å²) >= 11 is 0. The number of nitrogens with zero attached hydrogens (tertiary/aromatic N) is 4. The lowest BCUT2D eigenvalue weighted by Crippen LogP contribution is -2.00. The molecule has 3 aromatic heterocycles. The largest absolute Gasteiger partial charge is 0.456 e. The van der Waals surface area contributed by atoms with Gasteiger partial charge in [-0.2, -0.15) is 0 Å². The second-order valence-electron chi connectivity index (χ2n) is 13.4. The molecule has 0 bridgehead atoms. The summed E-state index contributed by atoms with van der Waals surface area (Å²) < 4.78 is 12.5. The van der Waals surface area contributed by atoms with Gasteiger partial charge in [-0.1, -0.05) is 109 Å². The van der Waals surface area contributed by atoms with Gasteiger partial charge < -0.3 is 8.83 Å². The maximum Gasteiger partial charge on any atom is 0.227 e. The summed E-state index contributed by atoms with van der Waals surface area (Å²) in [6.45, 7) is 0. The number of rotatable bonds is 5. The van der Waals surface area contributed by atoms with Gasteiger partial charge in [0.2, 0.25) is 5.89 Å². The van der Waals surface area contributed by atoms with Crippen molar-refractivity contribution in [2.24, 2.45) is 0 Å². The summed E-state index contributed by atoms with van der Waals surface area (Å²) in [5.74, 6) is 2.45. The van der Waals surface area contributed by atoms with Crippen LogP contribution in [0.4, 0.5) is 0 Å². The van der Waals surface area contributed by atoms with E-state index in [4.69, 9.17) is 23.8 Å². The predicted molar refractivity (Wildman–Crippen MR) is 210 cm³/mol. The molecule has 0 radical (unpaired) electrons. The number of hydrogen-bond donors (Lipinski definition) is 0. The summed E-state index contributed by atoms with van der Waals surface area (Å²) in [7, 11) is 0. The number of hydrogen-bond acceptors (Lipinski definition) is 6. The molecule has 0 spiro atoms. The summed E-state index contributed by atoms with van der Waals surface area (Å²) in [4.78, 5) is 20.0. The zero-order chi connectivity index (χ0) is 34.9. The number of fused-ring (bicyclic) bond motifs is 7. The van der Waals surface area contributed by atoms with Crippen molar-refractivity contribution in [2.75, 3.05) is 0 Å². The number of aromatic nitrogens is 4. The first-order valence-corrected chi connectivity index (χ1v) is 17.7. The van der Waals surface area contributed by atoms with Crippen LogP contribution in [-0.2, 0) is 6.42 Å². The Balaban J connectivity index is 1.04. The maximum absolute atomic E-state index is 6.43. The van der Waals surface area contributed by atoms with Crippen molar-refractivity contribution in [2.45, 2.75) is 6.42 Å². The van der Waals surface area contributed by atoms with Crippen LogP contribution in [0.5, 0.6) is 0 Å². The Morgan fingerprint density at radius 1 is 0.377 bits per heavy atom. The first-order chi connectivity index (χ1) is 26.2. The molecule has 0 saturated heterocycles. The summed E-state index contributed by atoms with van der Waals surface area (Å²) in [5, 5.41) is 1.96. The Labute approximate surface area is 304 Å². The summed E-state index contributed by atoms with van der Waals surface area (Å²) in [6.07, 6.45) is 0.934. The molecule has 0 fully saturated rings. The number of benzene rings is 7. The van der Waals surface area contributed by atoms with Crippen molar-refractivity contribution in [3.8, 4) is 67.9 Å². The molecule has 248 valence electrons. The van der Waals surface area contributed by atoms with E-state index >= 15 is 0 Å². The molecule has 0 unspecified atom stereocenters. The minimum Gasteiger partial charge on any atom is -0.456 e. The van der Waals surface area contributed by atoms with Crippen molar-refractivity contribution in [3.05, 3.63) is 169 Å². The molecule has 0 saturated carbocycles. The third kappa shape index (κ3) is 4.95. The van der Waals surface area contributed by atoms with E-state index in [2.05, 4.69) is 89.9 Å². The van der Waals surface area contributed by atoms with E-state index in [1.165, 1.54) is 22.3 Å². The molecule has 0 atom stereocenters. The molecule has 0 aliphatic heterocycles. The lowest BCUT2D eigenvalue weighted by atomic mass is 9.99. The molecule has 53 heavy (non-hydrogen) atoms. The van der Waals surface area contributed by atoms with Crippen LogP contribution in [0.15, 0.2) is 167 Å². The van der Waals surface area contributed by atoms with Crippen molar-refractivity contribution in [3.63, 3.8) is 0 Å². The molecule has 7 aromatic carbocycles. The molecule has 11 rings (SSSR count). The smallest absolute Gasteiger partial charge is 0.227 e. The molecule has 0 amide bonds. The first kappa shape index (κ1) is 29.5. The monoisotopic (exact) mass is 680 g/mol. The van der Waals surface area contributed by atoms with Gasteiger partial charge >= 0.3 is 0 Å². The Hall–Kier alpha value is -7.18. The van der Waals surface area contributed by atoms with Gasteiger partial charge in [0.15, 0.2) is 23.1 Å². The van der Waals surface area contributed by atoms with E-state index < -0.39 is 0 Å². The van der Waals surface area contributed by atoms with Crippen LogP contribution < -0.4 is 0 Å². The molecule has 10 aromatic rings. The van der Waals surface area contributed by atoms with Gasteiger partial charge in [0, 0.05) is 33.0 Å². The second kappa shape index (κ2) is 11.7. The van der Waals surface area contributed by atoms with E-state index in [1.807, 2.05) is 72.8 Å². The number of para-hydroxylation sites is 2. The van der Waals surface area contributed by atoms with Gasteiger partial charge in [0.05, 0.1) is 0 Å². The fourth-order valence-electron chi connectivity index (χ4n) is 7.60. The van der Waals surface area contributed by atoms with Crippen LogP contribution in [0.25, 0.3) is 101 Å². The highest BCUT2D eigenvalue weighted by Crippen LogP contribution is 2.41. The topological polar surface area (TPSA) is 77.8 Å². The van der Waals surface area contributed by atoms with Gasteiger partial charge in [-0.05, 0) is 88.3 Å². The fraction of sp³-hybridized carbons (Fsp3) is 0.0213. The lowest BCUT2D eigenvalue weighted by molar-refractivity contribution is 0.620. The third-order valence-electron chi connectivity index (χ3n) is 10.2. The Bertz CT molecular complexity index is 3000. The van der Waals surface area contributed by atoms with Crippen LogP contribution in [0, 0.1) is 0 Å². The Morgan fingerprint density at radius 2 is 1.06 bits per heavy atom. The molecule has 6 nitrogen and oxygen atoms in total. The lowest BCUT2D eigenvalue weighted by Gasteiger charge is -2.10. The maximum atomic E-state index is 6.43. The predicted octanol–water partition coefficient (Wildman–Crippen LogP) is 11.8. The average Bonchev–Trinajstić information content (AvgIpc) is 3.94. The van der Waals surface area contributed by atoms with Crippen LogP contribution in [0.1, 0.15) is 11.1 Å². The van der Waals surface area contributed by atoms with Crippen LogP contribution in [-0.4, -0.2) is 19.9 Å². The van der Waals surface area contributed by atoms with E-state index in [0.717, 1.165) is 72.8 Å². The molecule has 1 aliphatic rings. The normalized spacial score (nSPS) is 12.1. The minimum atomic E-state index is 0.594. The quantitative estimate of drug-likeness (QED) is 0.180. The molecule has 1 aliphatic carbocycles. The van der Waals surface area contributed by atoms with E-state index in [9.17, 15) is 0 Å². The van der Waals surface area contributed by atoms with Crippen molar-refractivity contribution >= 4 is 33.0 Å². The van der Waals surface area contributed by atoms with E-state index in [0.29, 0.717) is 23.4 Å². The highest BCUT2D eigenvalue weighted by atomic mass is 16.3. The van der Waals surface area contributed by atoms with Gasteiger partial charge in [-0.3, -0.25) is 0 Å². The van der Waals surface area contributed by atoms with Gasteiger partial charge in [-0.15, -0.1) is 0 Å². The number of oxazole rings is 1. The highest BCUT2D eigenvalue weighted by Gasteiger charge is 2.22. The third-order valence-corrected chi connectivity index (χ3v) is 10.2. The zero-order valence-electron chi connectivity index (χ0n) is 28.3. The van der Waals surface area contributed by atoms with Crippen molar-refractivity contribution in [1.29, 1.82) is 0 Å². The van der Waals surface area contributed by atoms with E-state index in [1.54, 1.807) is 0 Å². The van der Waals surface area contributed by atoms with Crippen LogP contribution in [0.3, 0.4) is 0 Å². The van der Waals surface area contributed by atoms with Gasteiger partial charge in [0.25, 0.3) is 0 Å². The number of furan rings is 1. The standard InChI is InChI=1S/C47H28N4O2/c1-2-9-29(10-3-1)44-49-45(34-22-21-33-25-32-11-4-5-12-35(32)37(33)27-34)51-46(50-44)36-13-8-16-42-43(36)38-26-31(23-24-40(38)52-42)28-17-19-30(20-18-28)47-48-39-14-6-7-15-41(39)53-47/h1-24,26-27H,25H2. The zero-order valence-corrected chi connectivity index (χ0v) is 28.3. The SMILES string of the molecule is c1ccc(-c2nc(-c3ccc4c(c3)-c3ccccc3C4)nc(-c3cccc4oc5ccc(-c6ccc(-c7nc8ccccc8o7)cc6)cc5c34)n2)cc1. The molecular formula is C47H28N4O2. The summed E-state index contributed by atoms with van der Waals surface area (Å²) in [6, 6.07) is 53.8. The second-order valence-corrected chi connectivity index (χ2v) is 13.4. The van der Waals surface area contributed by atoms with E-state index in [-0.39, 0.29) is 0 Å². The molecular weight excluding hydrogens is 653 g/mol.